The molecule has 1 aromatic rings. The van der Waals surface area contributed by atoms with Gasteiger partial charge in [-0.15, -0.1) is 0 Å². The van der Waals surface area contributed by atoms with E-state index in [1.807, 2.05) is 0 Å². The van der Waals surface area contributed by atoms with E-state index in [4.69, 9.17) is 16.2 Å². The molecule has 4 heteroatoms. The number of nitrogens with zero attached hydrogens (tertiary/aromatic N) is 1. The zero-order valence-corrected chi connectivity index (χ0v) is 9.15. The summed E-state index contributed by atoms with van der Waals surface area (Å²) in [5.41, 5.74) is 12.2. The Bertz CT molecular complexity index is 247. The first-order valence-electron chi connectivity index (χ1n) is 5.06. The van der Waals surface area contributed by atoms with E-state index in [9.17, 15) is 0 Å². The van der Waals surface area contributed by atoms with Gasteiger partial charge in [0.1, 0.15) is 0 Å². The Labute approximate surface area is 90.8 Å². The van der Waals surface area contributed by atoms with Gasteiger partial charge in [0.15, 0.2) is 0 Å². The molecule has 15 heavy (non-hydrogen) atoms. The van der Waals surface area contributed by atoms with Crippen molar-refractivity contribution in [3.05, 3.63) is 24.3 Å². The number of morpholine rings is 1. The minimum atomic E-state index is 0.749. The Morgan fingerprint density at radius 2 is 1.40 bits per heavy atom. The molecule has 0 atom stereocenters. The molecule has 1 aliphatic rings. The molecule has 2 rings (SSSR count). The van der Waals surface area contributed by atoms with Crippen LogP contribution in [-0.4, -0.2) is 38.3 Å². The number of rotatable bonds is 0. The van der Waals surface area contributed by atoms with Crippen LogP contribution in [0.25, 0.3) is 0 Å². The van der Waals surface area contributed by atoms with Gasteiger partial charge in [-0.1, -0.05) is 0 Å². The highest BCUT2D eigenvalue weighted by Crippen LogP contribution is 2.04. The predicted octanol–water partition coefficient (Wildman–Crippen LogP) is 0.799. The summed E-state index contributed by atoms with van der Waals surface area (Å²) in [7, 11) is 2.11. The highest BCUT2D eigenvalue weighted by Gasteiger charge is 2.02. The van der Waals surface area contributed by atoms with E-state index >= 15 is 0 Å². The van der Waals surface area contributed by atoms with Gasteiger partial charge in [-0.3, -0.25) is 0 Å². The first-order valence-corrected chi connectivity index (χ1v) is 5.06. The molecule has 1 aliphatic heterocycles. The van der Waals surface area contributed by atoms with Crippen LogP contribution in [0.3, 0.4) is 0 Å². The lowest BCUT2D eigenvalue weighted by Gasteiger charge is -2.21. The number of benzene rings is 1. The van der Waals surface area contributed by atoms with Crippen LogP contribution in [-0.2, 0) is 4.74 Å². The number of nitrogens with two attached hydrogens (primary N) is 2. The third-order valence-electron chi connectivity index (χ3n) is 2.17. The highest BCUT2D eigenvalue weighted by molar-refractivity contribution is 5.47. The smallest absolute Gasteiger partial charge is 0.0594 e. The highest BCUT2D eigenvalue weighted by atomic mass is 16.5. The molecule has 0 aliphatic carbocycles. The average Bonchev–Trinajstić information content (AvgIpc) is 2.25. The zero-order chi connectivity index (χ0) is 11.1. The summed E-state index contributed by atoms with van der Waals surface area (Å²) in [5, 5.41) is 0. The van der Waals surface area contributed by atoms with E-state index in [1.54, 1.807) is 24.3 Å². The lowest BCUT2D eigenvalue weighted by molar-refractivity contribution is 0.0503. The van der Waals surface area contributed by atoms with Crippen LogP contribution >= 0.6 is 0 Å². The summed E-state index contributed by atoms with van der Waals surface area (Å²) in [6.45, 7) is 4.02. The Kier molecular flexibility index (Phi) is 4.93. The van der Waals surface area contributed by atoms with Crippen LogP contribution in [0.5, 0.6) is 0 Å². The molecule has 1 heterocycles. The Balaban J connectivity index is 0.000000151. The molecule has 0 unspecified atom stereocenters. The van der Waals surface area contributed by atoms with Crippen LogP contribution in [0.2, 0.25) is 0 Å². The fraction of sp³-hybridized carbons (Fsp3) is 0.455. The van der Waals surface area contributed by atoms with Gasteiger partial charge in [0.05, 0.1) is 13.2 Å². The summed E-state index contributed by atoms with van der Waals surface area (Å²) < 4.78 is 5.10. The molecule has 1 fully saturated rings. The van der Waals surface area contributed by atoms with Gasteiger partial charge in [-0.2, -0.15) is 0 Å². The molecule has 0 saturated carbocycles. The fourth-order valence-electron chi connectivity index (χ4n) is 1.15. The molecule has 0 aromatic heterocycles. The van der Waals surface area contributed by atoms with E-state index in [0.717, 1.165) is 37.7 Å². The van der Waals surface area contributed by atoms with Crippen molar-refractivity contribution in [1.82, 2.24) is 4.90 Å². The summed E-state index contributed by atoms with van der Waals surface area (Å²) in [6.07, 6.45) is 0. The largest absolute Gasteiger partial charge is 0.399 e. The number of ether oxygens (including phenoxy) is 1. The van der Waals surface area contributed by atoms with E-state index in [2.05, 4.69) is 11.9 Å². The third-order valence-corrected chi connectivity index (χ3v) is 2.17. The molecule has 4 N–H and O–H groups in total. The van der Waals surface area contributed by atoms with Crippen molar-refractivity contribution in [3.8, 4) is 0 Å². The third kappa shape index (κ3) is 5.24. The van der Waals surface area contributed by atoms with E-state index in [0.29, 0.717) is 0 Å². The molecule has 1 aromatic carbocycles. The Morgan fingerprint density at radius 3 is 1.67 bits per heavy atom. The van der Waals surface area contributed by atoms with Crippen LogP contribution < -0.4 is 11.5 Å². The van der Waals surface area contributed by atoms with E-state index in [1.165, 1.54) is 0 Å². The molecule has 0 spiro atoms. The van der Waals surface area contributed by atoms with Gasteiger partial charge in [0.25, 0.3) is 0 Å². The van der Waals surface area contributed by atoms with Crippen molar-refractivity contribution < 1.29 is 4.74 Å². The van der Waals surface area contributed by atoms with Crippen LogP contribution in [0.4, 0.5) is 11.4 Å². The summed E-state index contributed by atoms with van der Waals surface area (Å²) in [4.78, 5) is 2.27. The quantitative estimate of drug-likeness (QED) is 0.620. The number of nitrogen functional groups attached to an aromatic ring is 2. The lowest BCUT2D eigenvalue weighted by atomic mass is 10.3. The monoisotopic (exact) mass is 209 g/mol. The first kappa shape index (κ1) is 11.8. The molecule has 84 valence electrons. The predicted molar refractivity (Wildman–Crippen MR) is 63.6 cm³/mol. The maximum Gasteiger partial charge on any atom is 0.0594 e. The molecular formula is C11H19N3O. The average molecular weight is 209 g/mol. The van der Waals surface area contributed by atoms with Crippen molar-refractivity contribution >= 4 is 11.4 Å². The second-order valence-corrected chi connectivity index (χ2v) is 3.58. The van der Waals surface area contributed by atoms with E-state index in [-0.39, 0.29) is 0 Å². The van der Waals surface area contributed by atoms with Crippen molar-refractivity contribution in [3.63, 3.8) is 0 Å². The molecular weight excluding hydrogens is 190 g/mol. The molecule has 1 saturated heterocycles. The lowest BCUT2D eigenvalue weighted by Crippen LogP contribution is -2.32. The summed E-state index contributed by atoms with van der Waals surface area (Å²) >= 11 is 0. The van der Waals surface area contributed by atoms with Gasteiger partial charge in [-0.05, 0) is 31.3 Å². The molecule has 0 bridgehead atoms. The van der Waals surface area contributed by atoms with E-state index < -0.39 is 0 Å². The topological polar surface area (TPSA) is 64.5 Å². The van der Waals surface area contributed by atoms with Gasteiger partial charge in [0.2, 0.25) is 0 Å². The van der Waals surface area contributed by atoms with Crippen molar-refractivity contribution in [2.75, 3.05) is 44.8 Å². The van der Waals surface area contributed by atoms with Crippen LogP contribution in [0, 0.1) is 0 Å². The summed E-state index contributed by atoms with van der Waals surface area (Å²) in [5.74, 6) is 0. The maximum atomic E-state index is 5.37. The minimum absolute atomic E-state index is 0.749. The summed E-state index contributed by atoms with van der Waals surface area (Å²) in [6, 6.07) is 7.09. The number of hydrogen-bond donors (Lipinski definition) is 2. The first-order chi connectivity index (χ1) is 7.18. The maximum absolute atomic E-state index is 5.37. The standard InChI is InChI=1S/C6H8N2.C5H11NO/c7-5-1-2-6(8)4-3-5;1-6-2-4-7-5-3-6/h1-4H,7-8H2;2-5H2,1H3. The van der Waals surface area contributed by atoms with Gasteiger partial charge < -0.3 is 21.1 Å². The van der Waals surface area contributed by atoms with Gasteiger partial charge in [0, 0.05) is 24.5 Å². The molecule has 4 nitrogen and oxygen atoms in total. The second-order valence-electron chi connectivity index (χ2n) is 3.58. The number of hydrogen-bond acceptors (Lipinski definition) is 4. The van der Waals surface area contributed by atoms with Gasteiger partial charge >= 0.3 is 0 Å². The molecule has 0 radical (unpaired) electrons. The normalized spacial score (nSPS) is 16.6. The Hall–Kier alpha value is -1.26. The zero-order valence-electron chi connectivity index (χ0n) is 9.15. The van der Waals surface area contributed by atoms with Gasteiger partial charge in [-0.25, -0.2) is 0 Å². The van der Waals surface area contributed by atoms with Crippen molar-refractivity contribution in [2.45, 2.75) is 0 Å². The SMILES string of the molecule is CN1CCOCC1.Nc1ccc(N)cc1. The Morgan fingerprint density at radius 1 is 1.00 bits per heavy atom. The van der Waals surface area contributed by atoms with Crippen molar-refractivity contribution in [1.29, 1.82) is 0 Å². The second kappa shape index (κ2) is 6.27. The van der Waals surface area contributed by atoms with Crippen LogP contribution in [0.1, 0.15) is 0 Å². The fourth-order valence-corrected chi connectivity index (χ4v) is 1.15. The number of likely N-dealkylation sites (N-methyl/N-ethyl adjacent to an activating group) is 1. The van der Waals surface area contributed by atoms with Crippen molar-refractivity contribution in [2.24, 2.45) is 0 Å². The molecule has 0 amide bonds. The van der Waals surface area contributed by atoms with Crippen LogP contribution in [0.15, 0.2) is 24.3 Å². The minimum Gasteiger partial charge on any atom is -0.399 e. The number of anilines is 2.